The van der Waals surface area contributed by atoms with Crippen molar-refractivity contribution in [1.82, 2.24) is 0 Å². The summed E-state index contributed by atoms with van der Waals surface area (Å²) in [5.41, 5.74) is 0.137. The Morgan fingerprint density at radius 1 is 0.400 bits per heavy atom. The molecule has 0 spiro atoms. The fourth-order valence-corrected chi connectivity index (χ4v) is 12.9. The summed E-state index contributed by atoms with van der Waals surface area (Å²) in [6, 6.07) is 0. The molecule has 0 fully saturated rings. The summed E-state index contributed by atoms with van der Waals surface area (Å²) in [5.74, 6) is 0. The van der Waals surface area contributed by atoms with Crippen LogP contribution in [0.1, 0.15) is 83.1 Å². The van der Waals surface area contributed by atoms with Gasteiger partial charge in [0.2, 0.25) is 0 Å². The second-order valence-electron chi connectivity index (χ2n) is 11.9. The standard InChI is InChI=1S/4C5H11O.Pb/c4*1-5(2,3)4-6;/h4*4H2,1-3H3;/q4*-1;+4. The third kappa shape index (κ3) is 15.5. The van der Waals surface area contributed by atoms with Gasteiger partial charge in [0.15, 0.2) is 0 Å². The monoisotopic (exact) mass is 556 g/mol. The quantitative estimate of drug-likeness (QED) is 0.362. The molecular weight excluding hydrogens is 511 g/mol. The van der Waals surface area contributed by atoms with Crippen LogP contribution in [0.3, 0.4) is 0 Å². The van der Waals surface area contributed by atoms with E-state index in [1.54, 1.807) is 0 Å². The van der Waals surface area contributed by atoms with Crippen LogP contribution in [0.4, 0.5) is 0 Å². The molecule has 0 aliphatic heterocycles. The maximum atomic E-state index is 6.34. The Labute approximate surface area is 164 Å². The molecule has 5 heteroatoms. The van der Waals surface area contributed by atoms with Gasteiger partial charge in [0.05, 0.1) is 0 Å². The van der Waals surface area contributed by atoms with Crippen LogP contribution in [0.25, 0.3) is 0 Å². The zero-order valence-electron chi connectivity index (χ0n) is 19.0. The van der Waals surface area contributed by atoms with Crippen LogP contribution in [0.15, 0.2) is 0 Å². The van der Waals surface area contributed by atoms with Gasteiger partial charge in [-0.1, -0.05) is 0 Å². The van der Waals surface area contributed by atoms with Crippen molar-refractivity contribution >= 4 is 23.0 Å². The summed E-state index contributed by atoms with van der Waals surface area (Å²) in [6.07, 6.45) is 0. The molecule has 25 heavy (non-hydrogen) atoms. The van der Waals surface area contributed by atoms with Gasteiger partial charge >= 0.3 is 165 Å². The van der Waals surface area contributed by atoms with Crippen LogP contribution < -0.4 is 0 Å². The number of rotatable bonds is 8. The van der Waals surface area contributed by atoms with Crippen molar-refractivity contribution in [3.63, 3.8) is 0 Å². The predicted molar refractivity (Wildman–Crippen MR) is 107 cm³/mol. The molecule has 152 valence electrons. The molecule has 0 aliphatic carbocycles. The summed E-state index contributed by atoms with van der Waals surface area (Å²) in [6.45, 7) is 28.2. The van der Waals surface area contributed by atoms with E-state index in [1.807, 2.05) is 0 Å². The summed E-state index contributed by atoms with van der Waals surface area (Å²) in [4.78, 5) is 0. The van der Waals surface area contributed by atoms with Gasteiger partial charge in [-0.25, -0.2) is 0 Å². The Balaban J connectivity index is 5.41. The van der Waals surface area contributed by atoms with Crippen molar-refractivity contribution in [1.29, 1.82) is 0 Å². The zero-order valence-corrected chi connectivity index (χ0v) is 22.8. The first-order valence-electron chi connectivity index (χ1n) is 9.39. The van der Waals surface area contributed by atoms with Gasteiger partial charge in [-0.15, -0.1) is 0 Å². The summed E-state index contributed by atoms with van der Waals surface area (Å²) in [7, 11) is 0. The molecular formula is C20H44O4Pb. The fourth-order valence-electron chi connectivity index (χ4n) is 1.47. The minimum absolute atomic E-state index is 0.0343. The Hall–Kier alpha value is 0.762. The first kappa shape index (κ1) is 25.8. The van der Waals surface area contributed by atoms with Crippen LogP contribution in [-0.2, 0) is 10.7 Å². The third-order valence-electron chi connectivity index (χ3n) is 2.73. The fraction of sp³-hybridized carbons (Fsp3) is 1.00. The van der Waals surface area contributed by atoms with E-state index in [-0.39, 0.29) is 21.7 Å². The van der Waals surface area contributed by atoms with Crippen LogP contribution in [0.5, 0.6) is 0 Å². The van der Waals surface area contributed by atoms with E-state index in [2.05, 4.69) is 83.1 Å². The van der Waals surface area contributed by atoms with Gasteiger partial charge in [0, 0.05) is 0 Å². The average molecular weight is 556 g/mol. The molecule has 0 aromatic heterocycles. The number of hydrogen-bond donors (Lipinski definition) is 0. The molecule has 0 unspecified atom stereocenters. The molecule has 4 nitrogen and oxygen atoms in total. The molecule has 0 heterocycles. The van der Waals surface area contributed by atoms with E-state index in [4.69, 9.17) is 10.7 Å². The topological polar surface area (TPSA) is 36.9 Å². The number of hydrogen-bond acceptors (Lipinski definition) is 4. The molecule has 0 amide bonds. The molecule has 0 N–H and O–H groups in total. The first-order chi connectivity index (χ1) is 10.8. The molecule has 0 aliphatic rings. The molecule has 0 saturated heterocycles. The van der Waals surface area contributed by atoms with Crippen LogP contribution in [0.2, 0.25) is 0 Å². The van der Waals surface area contributed by atoms with Gasteiger partial charge in [0.25, 0.3) is 0 Å². The summed E-state index contributed by atoms with van der Waals surface area (Å²) in [5, 5.41) is 0. The van der Waals surface area contributed by atoms with Crippen LogP contribution in [-0.4, -0.2) is 49.4 Å². The Kier molecular flexibility index (Phi) is 9.59. The second-order valence-corrected chi connectivity index (χ2v) is 20.3. The Bertz CT molecular complexity index is 303. The van der Waals surface area contributed by atoms with E-state index in [1.165, 1.54) is 0 Å². The van der Waals surface area contributed by atoms with E-state index in [0.717, 1.165) is 0 Å². The SMILES string of the molecule is CC(C)(C)C[O][Pb]([O]CC(C)(C)C)([O]CC(C)(C)C)[O]CC(C)(C)C. The first-order valence-corrected chi connectivity index (χ1v) is 15.7. The second kappa shape index (κ2) is 9.31. The van der Waals surface area contributed by atoms with Gasteiger partial charge in [-0.05, 0) is 0 Å². The average Bonchev–Trinajstić information content (AvgIpc) is 2.33. The van der Waals surface area contributed by atoms with E-state index < -0.39 is 23.0 Å². The van der Waals surface area contributed by atoms with Crippen molar-refractivity contribution in [2.75, 3.05) is 26.4 Å². The third-order valence-corrected chi connectivity index (χ3v) is 10.5. The van der Waals surface area contributed by atoms with Gasteiger partial charge < -0.3 is 0 Å². The Morgan fingerprint density at radius 3 is 0.680 bits per heavy atom. The molecule has 0 bridgehead atoms. The zero-order chi connectivity index (χ0) is 20.2. The van der Waals surface area contributed by atoms with Crippen molar-refractivity contribution in [3.8, 4) is 0 Å². The van der Waals surface area contributed by atoms with Crippen molar-refractivity contribution < 1.29 is 10.7 Å². The van der Waals surface area contributed by atoms with E-state index in [0.29, 0.717) is 26.4 Å². The molecule has 0 saturated carbocycles. The van der Waals surface area contributed by atoms with E-state index in [9.17, 15) is 0 Å². The minimum atomic E-state index is -4.29. The summed E-state index contributed by atoms with van der Waals surface area (Å²) >= 11 is -4.29. The molecule has 0 aromatic rings. The summed E-state index contributed by atoms with van der Waals surface area (Å²) < 4.78 is 25.3. The van der Waals surface area contributed by atoms with Crippen molar-refractivity contribution in [3.05, 3.63) is 0 Å². The molecule has 0 aromatic carbocycles. The predicted octanol–water partition coefficient (Wildman–Crippen LogP) is 5.67. The van der Waals surface area contributed by atoms with Crippen LogP contribution in [0, 0.1) is 21.7 Å². The normalized spacial score (nSPS) is 14.9. The van der Waals surface area contributed by atoms with Crippen molar-refractivity contribution in [2.45, 2.75) is 83.1 Å². The van der Waals surface area contributed by atoms with Gasteiger partial charge in [0.1, 0.15) is 0 Å². The molecule has 0 rings (SSSR count). The molecule has 0 radical (unpaired) electrons. The van der Waals surface area contributed by atoms with E-state index >= 15 is 0 Å². The Morgan fingerprint density at radius 2 is 0.560 bits per heavy atom. The maximum absolute atomic E-state index is 6.34. The van der Waals surface area contributed by atoms with Crippen LogP contribution >= 0.6 is 0 Å². The van der Waals surface area contributed by atoms with Gasteiger partial charge in [-0.2, -0.15) is 0 Å². The molecule has 0 atom stereocenters. The van der Waals surface area contributed by atoms with Gasteiger partial charge in [-0.3, -0.25) is 0 Å². The van der Waals surface area contributed by atoms with Crippen molar-refractivity contribution in [2.24, 2.45) is 21.7 Å².